The predicted octanol–water partition coefficient (Wildman–Crippen LogP) is 0.388. The summed E-state index contributed by atoms with van der Waals surface area (Å²) in [5.41, 5.74) is 1.41. The Morgan fingerprint density at radius 2 is 2.00 bits per heavy atom. The Morgan fingerprint density at radius 3 is 2.47 bits per heavy atom. The van der Waals surface area contributed by atoms with Crippen LogP contribution in [0.3, 0.4) is 0 Å². The molecule has 0 unspecified atom stereocenters. The van der Waals surface area contributed by atoms with Crippen LogP contribution in [0.25, 0.3) is 0 Å². The molecule has 15 heavy (non-hydrogen) atoms. The summed E-state index contributed by atoms with van der Waals surface area (Å²) < 4.78 is 5.05. The van der Waals surface area contributed by atoms with E-state index in [4.69, 9.17) is 9.94 Å². The van der Waals surface area contributed by atoms with Crippen LogP contribution >= 0.6 is 0 Å². The number of carbonyl (C=O) groups excluding carboxylic acids is 1. The van der Waals surface area contributed by atoms with Gasteiger partial charge in [0.25, 0.3) is 0 Å². The maximum atomic E-state index is 11.2. The lowest BCUT2D eigenvalue weighted by atomic mass is 10.2. The van der Waals surface area contributed by atoms with Crippen LogP contribution in [0.15, 0.2) is 0 Å². The van der Waals surface area contributed by atoms with Crippen molar-refractivity contribution < 1.29 is 19.9 Å². The Labute approximate surface area is 89.7 Å². The van der Waals surface area contributed by atoms with E-state index in [0.717, 1.165) is 5.06 Å². The number of nitrogens with zero attached hydrogens (tertiary/aromatic N) is 1. The average Bonchev–Trinajstić information content (AvgIpc) is 2.08. The molecule has 0 spiro atoms. The zero-order valence-corrected chi connectivity index (χ0v) is 9.49. The van der Waals surface area contributed by atoms with E-state index in [1.807, 2.05) is 5.48 Å². The molecule has 0 amide bonds. The Balaban J connectivity index is 3.62. The Hall–Kier alpha value is -0.690. The third-order valence-electron chi connectivity index (χ3n) is 1.48. The highest BCUT2D eigenvalue weighted by Gasteiger charge is 2.16. The SMILES string of the molecule is CC(C)(C)OC(=O)CCN(O)CCNO. The molecule has 0 aliphatic heterocycles. The van der Waals surface area contributed by atoms with Crippen LogP contribution in [0.1, 0.15) is 27.2 Å². The van der Waals surface area contributed by atoms with E-state index in [2.05, 4.69) is 0 Å². The van der Waals surface area contributed by atoms with E-state index in [1.165, 1.54) is 0 Å². The largest absolute Gasteiger partial charge is 0.460 e. The zero-order chi connectivity index (χ0) is 11.9. The molecule has 0 aliphatic rings. The summed E-state index contributed by atoms with van der Waals surface area (Å²) in [5, 5.41) is 18.4. The molecule has 0 rings (SSSR count). The van der Waals surface area contributed by atoms with Gasteiger partial charge in [0, 0.05) is 19.6 Å². The monoisotopic (exact) mass is 220 g/mol. The number of hydrogen-bond acceptors (Lipinski definition) is 6. The first-order chi connectivity index (χ1) is 6.85. The maximum absolute atomic E-state index is 11.2. The summed E-state index contributed by atoms with van der Waals surface area (Å²) >= 11 is 0. The molecular formula is C9H20N2O4. The molecule has 90 valence electrons. The first-order valence-corrected chi connectivity index (χ1v) is 4.88. The molecule has 0 aromatic carbocycles. The second kappa shape index (κ2) is 6.73. The number of hydrogen-bond donors (Lipinski definition) is 3. The van der Waals surface area contributed by atoms with Crippen molar-refractivity contribution in [2.75, 3.05) is 19.6 Å². The van der Waals surface area contributed by atoms with Crippen LogP contribution in [0.2, 0.25) is 0 Å². The molecule has 0 fully saturated rings. The van der Waals surface area contributed by atoms with Gasteiger partial charge in [-0.1, -0.05) is 0 Å². The topological polar surface area (TPSA) is 82.0 Å². The van der Waals surface area contributed by atoms with E-state index in [-0.39, 0.29) is 32.0 Å². The highest BCUT2D eigenvalue weighted by molar-refractivity contribution is 5.70. The van der Waals surface area contributed by atoms with Crippen molar-refractivity contribution in [3.63, 3.8) is 0 Å². The zero-order valence-electron chi connectivity index (χ0n) is 9.49. The highest BCUT2D eigenvalue weighted by Crippen LogP contribution is 2.08. The van der Waals surface area contributed by atoms with Crippen molar-refractivity contribution in [3.05, 3.63) is 0 Å². The number of carbonyl (C=O) groups is 1. The molecule has 6 nitrogen and oxygen atoms in total. The van der Waals surface area contributed by atoms with E-state index in [1.54, 1.807) is 20.8 Å². The van der Waals surface area contributed by atoms with Crippen LogP contribution < -0.4 is 5.48 Å². The van der Waals surface area contributed by atoms with Gasteiger partial charge in [-0.15, -0.1) is 0 Å². The molecule has 0 aromatic rings. The van der Waals surface area contributed by atoms with Gasteiger partial charge in [0.2, 0.25) is 0 Å². The summed E-state index contributed by atoms with van der Waals surface area (Å²) in [6.07, 6.45) is 0.124. The normalized spacial score (nSPS) is 11.9. The summed E-state index contributed by atoms with van der Waals surface area (Å²) in [6.45, 7) is 6.05. The van der Waals surface area contributed by atoms with Gasteiger partial charge in [-0.25, -0.2) is 5.48 Å². The van der Waals surface area contributed by atoms with Gasteiger partial charge in [-0.2, -0.15) is 5.06 Å². The fourth-order valence-electron chi connectivity index (χ4n) is 0.904. The fourth-order valence-corrected chi connectivity index (χ4v) is 0.904. The van der Waals surface area contributed by atoms with Gasteiger partial charge in [0.05, 0.1) is 6.42 Å². The quantitative estimate of drug-likeness (QED) is 0.443. The van der Waals surface area contributed by atoms with E-state index in [9.17, 15) is 10.0 Å². The van der Waals surface area contributed by atoms with E-state index in [0.29, 0.717) is 0 Å². The van der Waals surface area contributed by atoms with Crippen molar-refractivity contribution in [1.29, 1.82) is 0 Å². The summed E-state index contributed by atoms with van der Waals surface area (Å²) in [7, 11) is 0. The molecule has 0 aromatic heterocycles. The number of nitrogens with one attached hydrogen (secondary N) is 1. The van der Waals surface area contributed by atoms with Crippen LogP contribution in [0.5, 0.6) is 0 Å². The lowest BCUT2D eigenvalue weighted by molar-refractivity contribution is -0.159. The average molecular weight is 220 g/mol. The molecule has 0 radical (unpaired) electrons. The lowest BCUT2D eigenvalue weighted by Gasteiger charge is -2.20. The predicted molar refractivity (Wildman–Crippen MR) is 53.6 cm³/mol. The van der Waals surface area contributed by atoms with Gasteiger partial charge in [0.1, 0.15) is 5.60 Å². The minimum Gasteiger partial charge on any atom is -0.460 e. The molecule has 0 aliphatic carbocycles. The van der Waals surface area contributed by atoms with Crippen molar-refractivity contribution in [3.8, 4) is 0 Å². The number of rotatable bonds is 6. The molecule has 0 saturated heterocycles. The molecule has 3 N–H and O–H groups in total. The number of hydroxylamine groups is 3. The summed E-state index contributed by atoms with van der Waals surface area (Å²) in [5.74, 6) is -0.349. The van der Waals surface area contributed by atoms with Gasteiger partial charge in [0.15, 0.2) is 0 Å². The van der Waals surface area contributed by atoms with Crippen LogP contribution in [-0.4, -0.2) is 46.7 Å². The molecule has 0 saturated carbocycles. The molecular weight excluding hydrogens is 200 g/mol. The van der Waals surface area contributed by atoms with Gasteiger partial charge in [-0.05, 0) is 20.8 Å². The Kier molecular flexibility index (Phi) is 6.42. The van der Waals surface area contributed by atoms with Crippen LogP contribution in [-0.2, 0) is 9.53 Å². The van der Waals surface area contributed by atoms with Gasteiger partial charge < -0.3 is 15.2 Å². The first-order valence-electron chi connectivity index (χ1n) is 4.88. The smallest absolute Gasteiger partial charge is 0.307 e. The first kappa shape index (κ1) is 14.3. The highest BCUT2D eigenvalue weighted by atomic mass is 16.6. The van der Waals surface area contributed by atoms with E-state index >= 15 is 0 Å². The second-order valence-corrected chi connectivity index (χ2v) is 4.20. The maximum Gasteiger partial charge on any atom is 0.307 e. The number of ether oxygens (including phenoxy) is 1. The second-order valence-electron chi connectivity index (χ2n) is 4.20. The van der Waals surface area contributed by atoms with Gasteiger partial charge >= 0.3 is 5.97 Å². The van der Waals surface area contributed by atoms with Crippen molar-refractivity contribution in [1.82, 2.24) is 10.5 Å². The Morgan fingerprint density at radius 1 is 1.40 bits per heavy atom. The molecule has 0 atom stereocenters. The summed E-state index contributed by atoms with van der Waals surface area (Å²) in [6, 6.07) is 0. The van der Waals surface area contributed by atoms with E-state index < -0.39 is 5.60 Å². The fraction of sp³-hybridized carbons (Fsp3) is 0.889. The Bertz CT molecular complexity index is 191. The summed E-state index contributed by atoms with van der Waals surface area (Å²) in [4.78, 5) is 11.2. The minimum atomic E-state index is -0.496. The number of esters is 1. The molecule has 0 bridgehead atoms. The third-order valence-corrected chi connectivity index (χ3v) is 1.48. The van der Waals surface area contributed by atoms with Crippen molar-refractivity contribution in [2.24, 2.45) is 0 Å². The van der Waals surface area contributed by atoms with Crippen LogP contribution in [0.4, 0.5) is 0 Å². The minimum absolute atomic E-state index is 0.124. The van der Waals surface area contributed by atoms with Crippen molar-refractivity contribution in [2.45, 2.75) is 32.8 Å². The van der Waals surface area contributed by atoms with Crippen molar-refractivity contribution >= 4 is 5.97 Å². The van der Waals surface area contributed by atoms with Crippen LogP contribution in [0, 0.1) is 0 Å². The molecule has 6 heteroatoms. The van der Waals surface area contributed by atoms with Gasteiger partial charge in [-0.3, -0.25) is 4.79 Å². The lowest BCUT2D eigenvalue weighted by Crippen LogP contribution is -2.31. The third kappa shape index (κ3) is 9.61. The molecule has 0 heterocycles. The standard InChI is InChI=1S/C9H20N2O4/c1-9(2,3)15-8(12)4-6-11(14)7-5-10-13/h10,13-14H,4-7H2,1-3H3.